The Morgan fingerprint density at radius 1 is 1.03 bits per heavy atom. The molecule has 0 spiro atoms. The number of hydrogen-bond donors (Lipinski definition) is 1. The highest BCUT2D eigenvalue weighted by Crippen LogP contribution is 2.28. The molecule has 7 nitrogen and oxygen atoms in total. The van der Waals surface area contributed by atoms with Crippen LogP contribution in [-0.2, 0) is 9.53 Å². The predicted octanol–water partition coefficient (Wildman–Crippen LogP) is 3.00. The maximum Gasteiger partial charge on any atom is 0.220 e. The van der Waals surface area contributed by atoms with E-state index in [1.54, 1.807) is 30.3 Å². The van der Waals surface area contributed by atoms with Gasteiger partial charge >= 0.3 is 0 Å². The van der Waals surface area contributed by atoms with E-state index in [1.165, 1.54) is 26.4 Å². The van der Waals surface area contributed by atoms with Crippen molar-refractivity contribution in [1.82, 2.24) is 10.2 Å². The Morgan fingerprint density at radius 3 is 2.38 bits per heavy atom. The zero-order valence-corrected chi connectivity index (χ0v) is 18.4. The van der Waals surface area contributed by atoms with Gasteiger partial charge < -0.3 is 19.5 Å². The molecule has 1 aliphatic heterocycles. The van der Waals surface area contributed by atoms with E-state index in [-0.39, 0.29) is 36.4 Å². The first-order valence-corrected chi connectivity index (χ1v) is 10.6. The molecule has 1 atom stereocenters. The average molecular weight is 445 g/mol. The number of nitrogens with one attached hydrogen (secondary N) is 1. The summed E-state index contributed by atoms with van der Waals surface area (Å²) in [4.78, 5) is 27.2. The highest BCUT2D eigenvalue weighted by Gasteiger charge is 2.23. The molecular formula is C24H29FN2O5. The number of amides is 1. The van der Waals surface area contributed by atoms with E-state index in [2.05, 4.69) is 10.2 Å². The van der Waals surface area contributed by atoms with Crippen molar-refractivity contribution in [3.05, 3.63) is 59.4 Å². The zero-order valence-electron chi connectivity index (χ0n) is 18.4. The lowest BCUT2D eigenvalue weighted by molar-refractivity contribution is -0.121. The van der Waals surface area contributed by atoms with Gasteiger partial charge in [-0.3, -0.25) is 14.5 Å². The topological polar surface area (TPSA) is 77.1 Å². The number of benzene rings is 2. The Balaban J connectivity index is 1.56. The minimum atomic E-state index is -0.299. The molecule has 0 saturated carbocycles. The Labute approximate surface area is 187 Å². The molecular weight excluding hydrogens is 415 g/mol. The maximum atomic E-state index is 13.4. The number of carbonyl (C=O) groups is 2. The molecule has 1 saturated heterocycles. The number of Topliss-reactive ketones (excluding diaryl/α,β-unsaturated/α-hetero) is 1. The van der Waals surface area contributed by atoms with Gasteiger partial charge in [0.1, 0.15) is 5.82 Å². The van der Waals surface area contributed by atoms with Crippen molar-refractivity contribution >= 4 is 11.7 Å². The quantitative estimate of drug-likeness (QED) is 0.568. The lowest BCUT2D eigenvalue weighted by Gasteiger charge is -2.35. The van der Waals surface area contributed by atoms with Gasteiger partial charge in [0.15, 0.2) is 17.3 Å². The normalized spacial score (nSPS) is 15.1. The summed E-state index contributed by atoms with van der Waals surface area (Å²) in [6, 6.07) is 11.2. The van der Waals surface area contributed by atoms with Crippen LogP contribution >= 0.6 is 0 Å². The van der Waals surface area contributed by atoms with Crippen molar-refractivity contribution in [1.29, 1.82) is 0 Å². The first-order valence-electron chi connectivity index (χ1n) is 10.6. The van der Waals surface area contributed by atoms with Crippen LogP contribution in [0.5, 0.6) is 11.5 Å². The Kier molecular flexibility index (Phi) is 8.58. The van der Waals surface area contributed by atoms with Gasteiger partial charge in [0, 0.05) is 38.0 Å². The van der Waals surface area contributed by atoms with Gasteiger partial charge in [-0.2, -0.15) is 0 Å². The van der Waals surface area contributed by atoms with E-state index in [0.717, 1.165) is 18.7 Å². The fourth-order valence-electron chi connectivity index (χ4n) is 3.71. The highest BCUT2D eigenvalue weighted by molar-refractivity contribution is 5.98. The monoisotopic (exact) mass is 444 g/mol. The number of morpholine rings is 1. The molecule has 8 heteroatoms. The van der Waals surface area contributed by atoms with Gasteiger partial charge in [-0.25, -0.2) is 4.39 Å². The number of ether oxygens (including phenoxy) is 3. The summed E-state index contributed by atoms with van der Waals surface area (Å²) in [5, 5.41) is 2.93. The van der Waals surface area contributed by atoms with Crippen molar-refractivity contribution < 1.29 is 28.2 Å². The Morgan fingerprint density at radius 2 is 1.72 bits per heavy atom. The van der Waals surface area contributed by atoms with Crippen LogP contribution in [0.1, 0.15) is 34.8 Å². The number of methoxy groups -OCH3 is 2. The molecule has 2 aromatic carbocycles. The molecule has 3 rings (SSSR count). The zero-order chi connectivity index (χ0) is 22.9. The first-order chi connectivity index (χ1) is 15.5. The summed E-state index contributed by atoms with van der Waals surface area (Å²) in [5.74, 6) is 0.350. The van der Waals surface area contributed by atoms with Gasteiger partial charge in [-0.1, -0.05) is 12.1 Å². The summed E-state index contributed by atoms with van der Waals surface area (Å²) in [7, 11) is 3.03. The number of carbonyl (C=O) groups excluding carboxylic acids is 2. The highest BCUT2D eigenvalue weighted by atomic mass is 19.1. The number of hydrogen-bond acceptors (Lipinski definition) is 6. The van der Waals surface area contributed by atoms with Crippen LogP contribution < -0.4 is 14.8 Å². The largest absolute Gasteiger partial charge is 0.493 e. The van der Waals surface area contributed by atoms with Crippen molar-refractivity contribution in [2.75, 3.05) is 47.1 Å². The molecule has 1 heterocycles. The molecule has 32 heavy (non-hydrogen) atoms. The average Bonchev–Trinajstić information content (AvgIpc) is 2.83. The SMILES string of the molecule is COc1ccc(C(=O)CCC(=O)NCC(c2ccc(F)cc2)N2CCOCC2)cc1OC. The van der Waals surface area contributed by atoms with E-state index in [1.807, 2.05) is 0 Å². The fourth-order valence-corrected chi connectivity index (χ4v) is 3.71. The Hall–Kier alpha value is -2.97. The van der Waals surface area contributed by atoms with Crippen LogP contribution in [0.2, 0.25) is 0 Å². The molecule has 1 unspecified atom stereocenters. The molecule has 0 aliphatic carbocycles. The third-order valence-electron chi connectivity index (χ3n) is 5.52. The number of halogens is 1. The maximum absolute atomic E-state index is 13.4. The summed E-state index contributed by atoms with van der Waals surface area (Å²) >= 11 is 0. The lowest BCUT2D eigenvalue weighted by Crippen LogP contribution is -2.43. The number of ketones is 1. The van der Waals surface area contributed by atoms with Crippen molar-refractivity contribution in [3.63, 3.8) is 0 Å². The predicted molar refractivity (Wildman–Crippen MR) is 118 cm³/mol. The minimum absolute atomic E-state index is 0.0758. The fraction of sp³-hybridized carbons (Fsp3) is 0.417. The molecule has 2 aromatic rings. The van der Waals surface area contributed by atoms with Crippen LogP contribution in [0.15, 0.2) is 42.5 Å². The van der Waals surface area contributed by atoms with Crippen LogP contribution in [0.4, 0.5) is 4.39 Å². The van der Waals surface area contributed by atoms with E-state index < -0.39 is 0 Å². The molecule has 0 aromatic heterocycles. The molecule has 1 fully saturated rings. The summed E-state index contributed by atoms with van der Waals surface area (Å²) in [6.45, 7) is 3.07. The standard InChI is InChI=1S/C24H29FN2O5/c1-30-22-9-5-18(15-23(22)31-2)21(28)8-10-24(29)26-16-20(27-11-13-32-14-12-27)17-3-6-19(25)7-4-17/h3-7,9,15,20H,8,10-14,16H2,1-2H3,(H,26,29). The summed E-state index contributed by atoms with van der Waals surface area (Å²) < 4.78 is 29.2. The summed E-state index contributed by atoms with van der Waals surface area (Å²) in [6.07, 6.45) is 0.159. The van der Waals surface area contributed by atoms with Gasteiger partial charge in [-0.15, -0.1) is 0 Å². The molecule has 172 valence electrons. The molecule has 0 radical (unpaired) electrons. The van der Waals surface area contributed by atoms with Gasteiger partial charge in [0.2, 0.25) is 5.91 Å². The van der Waals surface area contributed by atoms with Crippen LogP contribution in [0, 0.1) is 5.82 Å². The van der Waals surface area contributed by atoms with Gasteiger partial charge in [0.05, 0.1) is 33.5 Å². The van der Waals surface area contributed by atoms with E-state index in [0.29, 0.717) is 36.8 Å². The third kappa shape index (κ3) is 6.27. The number of nitrogens with zero attached hydrogens (tertiary/aromatic N) is 1. The lowest BCUT2D eigenvalue weighted by atomic mass is 10.0. The number of rotatable bonds is 10. The second-order valence-electron chi connectivity index (χ2n) is 7.51. The van der Waals surface area contributed by atoms with Crippen molar-refractivity contribution in [2.45, 2.75) is 18.9 Å². The van der Waals surface area contributed by atoms with Gasteiger partial charge in [-0.05, 0) is 35.9 Å². The second-order valence-corrected chi connectivity index (χ2v) is 7.51. The summed E-state index contributed by atoms with van der Waals surface area (Å²) in [5.41, 5.74) is 1.39. The molecule has 0 bridgehead atoms. The second kappa shape index (κ2) is 11.6. The van der Waals surface area contributed by atoms with E-state index >= 15 is 0 Å². The molecule has 1 aliphatic rings. The smallest absolute Gasteiger partial charge is 0.220 e. The van der Waals surface area contributed by atoms with E-state index in [9.17, 15) is 14.0 Å². The third-order valence-corrected chi connectivity index (χ3v) is 5.52. The van der Waals surface area contributed by atoms with E-state index in [4.69, 9.17) is 14.2 Å². The first kappa shape index (κ1) is 23.7. The van der Waals surface area contributed by atoms with Crippen LogP contribution in [0.25, 0.3) is 0 Å². The van der Waals surface area contributed by atoms with Gasteiger partial charge in [0.25, 0.3) is 0 Å². The molecule has 1 N–H and O–H groups in total. The van der Waals surface area contributed by atoms with Crippen LogP contribution in [0.3, 0.4) is 0 Å². The minimum Gasteiger partial charge on any atom is -0.493 e. The van der Waals surface area contributed by atoms with Crippen molar-refractivity contribution in [3.8, 4) is 11.5 Å². The van der Waals surface area contributed by atoms with Crippen LogP contribution in [-0.4, -0.2) is 63.7 Å². The Bertz CT molecular complexity index is 913. The molecule has 1 amide bonds. The van der Waals surface area contributed by atoms with Crippen molar-refractivity contribution in [2.24, 2.45) is 0 Å².